The highest BCUT2D eigenvalue weighted by Crippen LogP contribution is 2.38. The van der Waals surface area contributed by atoms with Gasteiger partial charge in [-0.3, -0.25) is 4.79 Å². The first-order valence-electron chi connectivity index (χ1n) is 4.36. The highest BCUT2D eigenvalue weighted by atomic mass is 19.4. The van der Waals surface area contributed by atoms with E-state index in [1.807, 2.05) is 0 Å². The minimum atomic E-state index is -4.48. The number of para-hydroxylation sites is 1. The predicted molar refractivity (Wildman–Crippen MR) is 53.1 cm³/mol. The molecule has 0 fully saturated rings. The molecule has 86 valence electrons. The van der Waals surface area contributed by atoms with Crippen molar-refractivity contribution in [2.75, 3.05) is 7.11 Å². The van der Waals surface area contributed by atoms with Crippen molar-refractivity contribution in [1.82, 2.24) is 0 Å². The van der Waals surface area contributed by atoms with Gasteiger partial charge in [-0.05, 0) is 18.2 Å². The summed E-state index contributed by atoms with van der Waals surface area (Å²) < 4.78 is 42.4. The van der Waals surface area contributed by atoms with E-state index in [-0.39, 0.29) is 11.3 Å². The fourth-order valence-electron chi connectivity index (χ4n) is 1.28. The summed E-state index contributed by atoms with van der Waals surface area (Å²) in [6.07, 6.45) is -1.62. The molecule has 2 nitrogen and oxygen atoms in total. The molecule has 1 rings (SSSR count). The Kier molecular flexibility index (Phi) is 3.71. The fourth-order valence-corrected chi connectivity index (χ4v) is 1.28. The highest BCUT2D eigenvalue weighted by molar-refractivity contribution is 5.75. The summed E-state index contributed by atoms with van der Waals surface area (Å²) in [5, 5.41) is 0. The van der Waals surface area contributed by atoms with Crippen LogP contribution in [-0.4, -0.2) is 13.4 Å². The Bertz CT molecular complexity index is 408. The number of halogens is 3. The smallest absolute Gasteiger partial charge is 0.419 e. The average Bonchev–Trinajstić information content (AvgIpc) is 2.24. The van der Waals surface area contributed by atoms with Gasteiger partial charge < -0.3 is 4.74 Å². The van der Waals surface area contributed by atoms with E-state index in [1.165, 1.54) is 18.2 Å². The van der Waals surface area contributed by atoms with E-state index in [4.69, 9.17) is 4.74 Å². The molecule has 0 saturated heterocycles. The zero-order chi connectivity index (χ0) is 12.2. The Morgan fingerprint density at radius 1 is 1.31 bits per heavy atom. The van der Waals surface area contributed by atoms with Gasteiger partial charge in [0.1, 0.15) is 12.0 Å². The van der Waals surface area contributed by atoms with E-state index < -0.39 is 11.7 Å². The summed E-state index contributed by atoms with van der Waals surface area (Å²) in [4.78, 5) is 10.1. The van der Waals surface area contributed by atoms with Crippen molar-refractivity contribution in [1.29, 1.82) is 0 Å². The molecule has 0 spiro atoms. The SMILES string of the molecule is COc1c(/C=C/C=O)cccc1C(F)(F)F. The second-order valence-corrected chi connectivity index (χ2v) is 2.92. The number of allylic oxidation sites excluding steroid dienone is 1. The Hall–Kier alpha value is -1.78. The van der Waals surface area contributed by atoms with Gasteiger partial charge in [-0.25, -0.2) is 0 Å². The third-order valence-corrected chi connectivity index (χ3v) is 1.91. The van der Waals surface area contributed by atoms with Gasteiger partial charge in [0.05, 0.1) is 12.7 Å². The molecule has 0 radical (unpaired) electrons. The summed E-state index contributed by atoms with van der Waals surface area (Å²) in [5.41, 5.74) is -0.646. The molecule has 0 saturated carbocycles. The van der Waals surface area contributed by atoms with Crippen molar-refractivity contribution in [3.63, 3.8) is 0 Å². The number of rotatable bonds is 3. The topological polar surface area (TPSA) is 26.3 Å². The van der Waals surface area contributed by atoms with E-state index >= 15 is 0 Å². The van der Waals surface area contributed by atoms with Crippen LogP contribution in [0.25, 0.3) is 6.08 Å². The summed E-state index contributed by atoms with van der Waals surface area (Å²) >= 11 is 0. The van der Waals surface area contributed by atoms with Crippen molar-refractivity contribution in [3.05, 3.63) is 35.4 Å². The summed E-state index contributed by atoms with van der Waals surface area (Å²) in [5.74, 6) is -0.284. The van der Waals surface area contributed by atoms with Crippen molar-refractivity contribution in [2.24, 2.45) is 0 Å². The summed E-state index contributed by atoms with van der Waals surface area (Å²) in [6, 6.07) is 3.63. The molecule has 16 heavy (non-hydrogen) atoms. The molecule has 0 atom stereocenters. The number of carbonyl (C=O) groups excluding carboxylic acids is 1. The molecular weight excluding hydrogens is 221 g/mol. The van der Waals surface area contributed by atoms with Crippen molar-refractivity contribution >= 4 is 12.4 Å². The lowest BCUT2D eigenvalue weighted by atomic mass is 10.1. The number of benzene rings is 1. The van der Waals surface area contributed by atoms with Crippen LogP contribution in [0.1, 0.15) is 11.1 Å². The van der Waals surface area contributed by atoms with Gasteiger partial charge in [0.2, 0.25) is 0 Å². The fraction of sp³-hybridized carbons (Fsp3) is 0.182. The Labute approximate surface area is 90.3 Å². The van der Waals surface area contributed by atoms with E-state index in [0.717, 1.165) is 19.3 Å². The van der Waals surface area contributed by atoms with Crippen LogP contribution >= 0.6 is 0 Å². The zero-order valence-electron chi connectivity index (χ0n) is 8.41. The average molecular weight is 230 g/mol. The lowest BCUT2D eigenvalue weighted by Crippen LogP contribution is -2.08. The maximum atomic E-state index is 12.6. The molecule has 0 N–H and O–H groups in total. The number of hydrogen-bond donors (Lipinski definition) is 0. The molecule has 0 aliphatic heterocycles. The van der Waals surface area contributed by atoms with Gasteiger partial charge in [-0.15, -0.1) is 0 Å². The Morgan fingerprint density at radius 3 is 2.50 bits per heavy atom. The van der Waals surface area contributed by atoms with Crippen LogP contribution in [0.15, 0.2) is 24.3 Å². The number of methoxy groups -OCH3 is 1. The molecule has 0 aromatic heterocycles. The van der Waals surface area contributed by atoms with Crippen LogP contribution in [0, 0.1) is 0 Å². The molecule has 5 heteroatoms. The van der Waals surface area contributed by atoms with Crippen LogP contribution in [0.2, 0.25) is 0 Å². The van der Waals surface area contributed by atoms with E-state index in [2.05, 4.69) is 0 Å². The molecule has 0 amide bonds. The molecule has 0 heterocycles. The van der Waals surface area contributed by atoms with Crippen LogP contribution in [-0.2, 0) is 11.0 Å². The summed E-state index contributed by atoms with van der Waals surface area (Å²) in [7, 11) is 1.16. The van der Waals surface area contributed by atoms with Crippen LogP contribution in [0.3, 0.4) is 0 Å². The van der Waals surface area contributed by atoms with Gasteiger partial charge in [-0.2, -0.15) is 13.2 Å². The lowest BCUT2D eigenvalue weighted by Gasteiger charge is -2.13. The van der Waals surface area contributed by atoms with Crippen molar-refractivity contribution in [2.45, 2.75) is 6.18 Å². The minimum Gasteiger partial charge on any atom is -0.495 e. The standard InChI is InChI=1S/C11H9F3O2/c1-16-10-8(5-3-7-15)4-2-6-9(10)11(12,13)14/h2-7H,1H3/b5-3+. The van der Waals surface area contributed by atoms with Gasteiger partial charge >= 0.3 is 6.18 Å². The second kappa shape index (κ2) is 4.83. The number of hydrogen-bond acceptors (Lipinski definition) is 2. The lowest BCUT2D eigenvalue weighted by molar-refractivity contribution is -0.138. The molecule has 0 unspecified atom stereocenters. The van der Waals surface area contributed by atoms with Gasteiger partial charge in [-0.1, -0.05) is 12.1 Å². The van der Waals surface area contributed by atoms with Crippen LogP contribution in [0.4, 0.5) is 13.2 Å². The maximum Gasteiger partial charge on any atom is 0.419 e. The molecule has 0 aliphatic rings. The van der Waals surface area contributed by atoms with Gasteiger partial charge in [0.15, 0.2) is 0 Å². The first-order chi connectivity index (χ1) is 7.50. The normalized spacial score (nSPS) is 11.8. The third kappa shape index (κ3) is 2.62. The van der Waals surface area contributed by atoms with E-state index in [1.54, 1.807) is 0 Å². The predicted octanol–water partition coefficient (Wildman–Crippen LogP) is 2.93. The molecule has 1 aromatic rings. The number of ether oxygens (including phenoxy) is 1. The molecular formula is C11H9F3O2. The van der Waals surface area contributed by atoms with Crippen LogP contribution < -0.4 is 4.74 Å². The first-order valence-corrected chi connectivity index (χ1v) is 4.36. The Morgan fingerprint density at radius 2 is 2.00 bits per heavy atom. The van der Waals surface area contributed by atoms with Gasteiger partial charge in [0.25, 0.3) is 0 Å². The number of carbonyl (C=O) groups is 1. The van der Waals surface area contributed by atoms with Crippen molar-refractivity contribution in [3.8, 4) is 5.75 Å². The first kappa shape index (κ1) is 12.3. The molecule has 0 aliphatic carbocycles. The van der Waals surface area contributed by atoms with E-state index in [0.29, 0.717) is 6.29 Å². The van der Waals surface area contributed by atoms with E-state index in [9.17, 15) is 18.0 Å². The largest absolute Gasteiger partial charge is 0.495 e. The Balaban J connectivity index is 3.31. The third-order valence-electron chi connectivity index (χ3n) is 1.91. The number of aldehydes is 1. The van der Waals surface area contributed by atoms with Crippen molar-refractivity contribution < 1.29 is 22.7 Å². The quantitative estimate of drug-likeness (QED) is 0.589. The molecule has 1 aromatic carbocycles. The zero-order valence-corrected chi connectivity index (χ0v) is 8.41. The van der Waals surface area contributed by atoms with Gasteiger partial charge in [0, 0.05) is 5.56 Å². The maximum absolute atomic E-state index is 12.6. The monoisotopic (exact) mass is 230 g/mol. The second-order valence-electron chi connectivity index (χ2n) is 2.92. The molecule has 0 bridgehead atoms. The summed E-state index contributed by atoms with van der Waals surface area (Å²) in [6.45, 7) is 0. The number of alkyl halides is 3. The van der Waals surface area contributed by atoms with Crippen LogP contribution in [0.5, 0.6) is 5.75 Å². The highest BCUT2D eigenvalue weighted by Gasteiger charge is 2.34. The minimum absolute atomic E-state index is 0.212.